The number of benzene rings is 2. The number of halogens is 1. The first-order valence-corrected chi connectivity index (χ1v) is 12.1. The number of hydrogen-bond acceptors (Lipinski definition) is 4. The van der Waals surface area contributed by atoms with Crippen molar-refractivity contribution in [1.82, 2.24) is 4.90 Å². The number of carbonyl (C=O) groups is 1. The van der Waals surface area contributed by atoms with Gasteiger partial charge in [-0.05, 0) is 54.8 Å². The molecule has 1 heterocycles. The van der Waals surface area contributed by atoms with Gasteiger partial charge >= 0.3 is 0 Å². The van der Waals surface area contributed by atoms with E-state index in [0.717, 1.165) is 24.2 Å². The molecular weight excluding hydrogens is 410 g/mol. The predicted molar refractivity (Wildman–Crippen MR) is 115 cm³/mol. The molecule has 2 aromatic rings. The van der Waals surface area contributed by atoms with Gasteiger partial charge < -0.3 is 9.64 Å². The number of unbranched alkanes of at least 4 members (excludes halogenated alkanes) is 1. The third kappa shape index (κ3) is 5.97. The van der Waals surface area contributed by atoms with Gasteiger partial charge in [0.1, 0.15) is 5.75 Å². The minimum Gasteiger partial charge on any atom is -0.494 e. The van der Waals surface area contributed by atoms with Gasteiger partial charge in [0.2, 0.25) is 0 Å². The molecule has 0 aliphatic carbocycles. The topological polar surface area (TPSA) is 63.7 Å². The van der Waals surface area contributed by atoms with E-state index in [1.807, 2.05) is 12.1 Å². The zero-order valence-electron chi connectivity index (χ0n) is 16.5. The van der Waals surface area contributed by atoms with Gasteiger partial charge in [-0.15, -0.1) is 0 Å². The number of sulfone groups is 1. The summed E-state index contributed by atoms with van der Waals surface area (Å²) in [6, 6.07) is 14.0. The van der Waals surface area contributed by atoms with Crippen LogP contribution in [0.4, 0.5) is 0 Å². The van der Waals surface area contributed by atoms with Crippen molar-refractivity contribution in [3.05, 3.63) is 64.7 Å². The van der Waals surface area contributed by atoms with Crippen molar-refractivity contribution in [2.24, 2.45) is 0 Å². The zero-order valence-corrected chi connectivity index (χ0v) is 18.1. The van der Waals surface area contributed by atoms with E-state index in [-0.39, 0.29) is 23.5 Å². The molecule has 1 fully saturated rings. The minimum atomic E-state index is -3.11. The van der Waals surface area contributed by atoms with Gasteiger partial charge in [-0.25, -0.2) is 8.42 Å². The highest BCUT2D eigenvalue weighted by Gasteiger charge is 2.35. The molecule has 1 amide bonds. The maximum Gasteiger partial charge on any atom is 0.254 e. The number of rotatable bonds is 8. The number of carbonyl (C=O) groups excluding carboxylic acids is 1. The zero-order chi connectivity index (χ0) is 20.9. The summed E-state index contributed by atoms with van der Waals surface area (Å²) in [5.41, 5.74) is 1.43. The summed E-state index contributed by atoms with van der Waals surface area (Å²) in [5.74, 6) is 0.668. The molecule has 3 rings (SSSR count). The van der Waals surface area contributed by atoms with Crippen LogP contribution >= 0.6 is 11.6 Å². The lowest BCUT2D eigenvalue weighted by atomic mass is 10.1. The molecule has 29 heavy (non-hydrogen) atoms. The second-order valence-electron chi connectivity index (χ2n) is 7.34. The molecule has 5 nitrogen and oxygen atoms in total. The maximum absolute atomic E-state index is 13.3. The van der Waals surface area contributed by atoms with Crippen LogP contribution < -0.4 is 4.74 Å². The van der Waals surface area contributed by atoms with Gasteiger partial charge in [0, 0.05) is 23.2 Å². The van der Waals surface area contributed by atoms with Gasteiger partial charge in [0.25, 0.3) is 5.91 Å². The van der Waals surface area contributed by atoms with Gasteiger partial charge in [-0.2, -0.15) is 0 Å². The second-order valence-corrected chi connectivity index (χ2v) is 10.0. The van der Waals surface area contributed by atoms with Crippen molar-refractivity contribution in [3.63, 3.8) is 0 Å². The van der Waals surface area contributed by atoms with E-state index in [9.17, 15) is 13.2 Å². The molecule has 1 aliphatic rings. The fourth-order valence-corrected chi connectivity index (χ4v) is 5.23. The molecule has 1 saturated heterocycles. The second kappa shape index (κ2) is 9.63. The Balaban J connectivity index is 1.79. The molecule has 0 aromatic heterocycles. The molecule has 0 unspecified atom stereocenters. The SMILES string of the molecule is CCCCOc1ccc(C(=O)N(Cc2ccc(Cl)cc2)[C@H]2CCS(=O)(=O)C2)cc1. The monoisotopic (exact) mass is 435 g/mol. The largest absolute Gasteiger partial charge is 0.494 e. The summed E-state index contributed by atoms with van der Waals surface area (Å²) in [6.07, 6.45) is 2.49. The molecular formula is C22H26ClNO4S. The van der Waals surface area contributed by atoms with Gasteiger partial charge in [-0.1, -0.05) is 37.1 Å². The van der Waals surface area contributed by atoms with E-state index in [2.05, 4.69) is 6.92 Å². The molecule has 0 saturated carbocycles. The lowest BCUT2D eigenvalue weighted by Gasteiger charge is -2.28. The van der Waals surface area contributed by atoms with E-state index in [1.54, 1.807) is 41.3 Å². The Morgan fingerprint density at radius 3 is 2.41 bits per heavy atom. The molecule has 2 aromatic carbocycles. The maximum atomic E-state index is 13.3. The van der Waals surface area contributed by atoms with Crippen LogP contribution in [0.25, 0.3) is 0 Å². The summed E-state index contributed by atoms with van der Waals surface area (Å²) in [6.45, 7) is 3.08. The van der Waals surface area contributed by atoms with Crippen molar-refractivity contribution in [2.45, 2.75) is 38.8 Å². The fourth-order valence-electron chi connectivity index (χ4n) is 3.37. The fraction of sp³-hybridized carbons (Fsp3) is 0.409. The molecule has 0 bridgehead atoms. The minimum absolute atomic E-state index is 0.00451. The Hall–Kier alpha value is -2.05. The predicted octanol–water partition coefficient (Wildman–Crippen LogP) is 4.35. The van der Waals surface area contributed by atoms with Crippen LogP contribution in [0.3, 0.4) is 0 Å². The summed E-state index contributed by atoms with van der Waals surface area (Å²) in [5, 5.41) is 0.619. The van der Waals surface area contributed by atoms with Gasteiger partial charge in [0.05, 0.1) is 18.1 Å². The van der Waals surface area contributed by atoms with Crippen LogP contribution in [0.15, 0.2) is 48.5 Å². The highest BCUT2D eigenvalue weighted by atomic mass is 35.5. The Morgan fingerprint density at radius 1 is 1.14 bits per heavy atom. The first kappa shape index (κ1) is 21.7. The van der Waals surface area contributed by atoms with E-state index < -0.39 is 9.84 Å². The van der Waals surface area contributed by atoms with Crippen LogP contribution in [0, 0.1) is 0 Å². The van der Waals surface area contributed by atoms with Crippen molar-refractivity contribution < 1.29 is 17.9 Å². The summed E-state index contributed by atoms with van der Waals surface area (Å²) in [7, 11) is -3.11. The van der Waals surface area contributed by atoms with Crippen LogP contribution in [0.2, 0.25) is 5.02 Å². The van der Waals surface area contributed by atoms with E-state index in [4.69, 9.17) is 16.3 Å². The highest BCUT2D eigenvalue weighted by Crippen LogP contribution is 2.24. The van der Waals surface area contributed by atoms with Gasteiger partial charge in [0.15, 0.2) is 9.84 Å². The first-order valence-electron chi connectivity index (χ1n) is 9.86. The normalized spacial score (nSPS) is 17.8. The van der Waals surface area contributed by atoms with Crippen molar-refractivity contribution in [1.29, 1.82) is 0 Å². The van der Waals surface area contributed by atoms with Crippen LogP contribution in [0.5, 0.6) is 5.75 Å². The molecule has 0 radical (unpaired) electrons. The highest BCUT2D eigenvalue weighted by molar-refractivity contribution is 7.91. The van der Waals surface area contributed by atoms with Crippen molar-refractivity contribution in [3.8, 4) is 5.75 Å². The molecule has 1 atom stereocenters. The van der Waals surface area contributed by atoms with E-state index >= 15 is 0 Å². The van der Waals surface area contributed by atoms with Crippen molar-refractivity contribution in [2.75, 3.05) is 18.1 Å². The van der Waals surface area contributed by atoms with Crippen LogP contribution in [0.1, 0.15) is 42.1 Å². The van der Waals surface area contributed by atoms with Gasteiger partial charge in [-0.3, -0.25) is 4.79 Å². The molecule has 0 spiro atoms. The summed E-state index contributed by atoms with van der Waals surface area (Å²) >= 11 is 5.96. The Bertz CT molecular complexity index is 926. The number of hydrogen-bond donors (Lipinski definition) is 0. The average Bonchev–Trinajstić information content (AvgIpc) is 3.07. The Labute approximate surface area is 177 Å². The van der Waals surface area contributed by atoms with Crippen LogP contribution in [-0.4, -0.2) is 43.4 Å². The number of amides is 1. The summed E-state index contributed by atoms with van der Waals surface area (Å²) in [4.78, 5) is 14.9. The summed E-state index contributed by atoms with van der Waals surface area (Å²) < 4.78 is 29.7. The Morgan fingerprint density at radius 2 is 1.83 bits per heavy atom. The smallest absolute Gasteiger partial charge is 0.254 e. The lowest BCUT2D eigenvalue weighted by molar-refractivity contribution is 0.0681. The number of nitrogens with zero attached hydrogens (tertiary/aromatic N) is 1. The van der Waals surface area contributed by atoms with Crippen molar-refractivity contribution >= 4 is 27.3 Å². The Kier molecular flexibility index (Phi) is 7.19. The standard InChI is InChI=1S/C22H26ClNO4S/c1-2-3-13-28-21-10-6-18(7-11-21)22(25)24(20-12-14-29(26,27)16-20)15-17-4-8-19(23)9-5-17/h4-11,20H,2-3,12-16H2,1H3/t20-/m0/s1. The molecule has 7 heteroatoms. The van der Waals surface area contributed by atoms with Crippen LogP contribution in [-0.2, 0) is 16.4 Å². The third-order valence-corrected chi connectivity index (χ3v) is 7.05. The quantitative estimate of drug-likeness (QED) is 0.578. The third-order valence-electron chi connectivity index (χ3n) is 5.04. The molecule has 0 N–H and O–H groups in total. The lowest BCUT2D eigenvalue weighted by Crippen LogP contribution is -2.40. The molecule has 156 valence electrons. The number of ether oxygens (including phenoxy) is 1. The average molecular weight is 436 g/mol. The molecule has 1 aliphatic heterocycles. The van der Waals surface area contributed by atoms with E-state index in [1.165, 1.54) is 0 Å². The first-order chi connectivity index (χ1) is 13.9. The van der Waals surface area contributed by atoms with E-state index in [0.29, 0.717) is 30.2 Å².